The summed E-state index contributed by atoms with van der Waals surface area (Å²) in [7, 11) is 1.78. The van der Waals surface area contributed by atoms with Crippen LogP contribution in [0, 0.1) is 11.8 Å². The van der Waals surface area contributed by atoms with Gasteiger partial charge >= 0.3 is 0 Å². The number of piperidine rings is 1. The smallest absolute Gasteiger partial charge is 0.284 e. The van der Waals surface area contributed by atoms with Gasteiger partial charge in [-0.15, -0.1) is 24.0 Å². The van der Waals surface area contributed by atoms with Gasteiger partial charge in [-0.1, -0.05) is 13.8 Å². The van der Waals surface area contributed by atoms with Gasteiger partial charge in [0.1, 0.15) is 5.76 Å². The molecule has 1 aliphatic rings. The number of hydrogen-bond acceptors (Lipinski definition) is 3. The van der Waals surface area contributed by atoms with Crippen molar-refractivity contribution < 1.29 is 9.21 Å². The molecule has 1 amide bonds. The van der Waals surface area contributed by atoms with Gasteiger partial charge in [-0.3, -0.25) is 9.79 Å². The second-order valence-corrected chi connectivity index (χ2v) is 5.88. The monoisotopic (exact) mass is 420 g/mol. The quantitative estimate of drug-likeness (QED) is 0.446. The van der Waals surface area contributed by atoms with E-state index in [0.29, 0.717) is 24.1 Å². The Morgan fingerprint density at radius 2 is 2.05 bits per heavy atom. The van der Waals surface area contributed by atoms with Crippen LogP contribution in [0.3, 0.4) is 0 Å². The second-order valence-electron chi connectivity index (χ2n) is 5.88. The molecule has 1 aromatic rings. The van der Waals surface area contributed by atoms with Crippen LogP contribution < -0.4 is 11.1 Å². The summed E-state index contributed by atoms with van der Waals surface area (Å²) >= 11 is 0. The molecular formula is C15H25IN4O2. The zero-order valence-corrected chi connectivity index (χ0v) is 15.7. The molecule has 2 rings (SSSR count). The highest BCUT2D eigenvalue weighted by Crippen LogP contribution is 2.21. The molecule has 2 atom stereocenters. The molecule has 0 aromatic carbocycles. The summed E-state index contributed by atoms with van der Waals surface area (Å²) in [5.74, 6) is 2.49. The molecule has 0 aliphatic carbocycles. The number of likely N-dealkylation sites (tertiary alicyclic amines) is 1. The van der Waals surface area contributed by atoms with E-state index in [-0.39, 0.29) is 29.7 Å². The number of aliphatic imine (C=N–C) groups is 1. The Morgan fingerprint density at radius 3 is 2.55 bits per heavy atom. The number of amides is 1. The summed E-state index contributed by atoms with van der Waals surface area (Å²) in [6.45, 7) is 7.03. The van der Waals surface area contributed by atoms with Crippen LogP contribution in [0.1, 0.15) is 36.6 Å². The van der Waals surface area contributed by atoms with Gasteiger partial charge in [-0.05, 0) is 30.4 Å². The first-order valence-electron chi connectivity index (χ1n) is 7.33. The number of furan rings is 1. The Hall–Kier alpha value is -1.25. The molecule has 0 radical (unpaired) electrons. The van der Waals surface area contributed by atoms with Gasteiger partial charge in [0, 0.05) is 20.1 Å². The number of guanidine groups is 1. The van der Waals surface area contributed by atoms with Crippen molar-refractivity contribution in [2.75, 3.05) is 20.1 Å². The number of hydrogen-bond donors (Lipinski definition) is 2. The number of carbonyl (C=O) groups excluding carboxylic acids is 1. The molecule has 1 aromatic heterocycles. The van der Waals surface area contributed by atoms with E-state index in [2.05, 4.69) is 29.1 Å². The molecule has 3 N–H and O–H groups in total. The van der Waals surface area contributed by atoms with E-state index in [1.54, 1.807) is 19.2 Å². The van der Waals surface area contributed by atoms with Crippen LogP contribution in [0.2, 0.25) is 0 Å². The first-order valence-corrected chi connectivity index (χ1v) is 7.33. The Balaban J connectivity index is 0.00000242. The highest BCUT2D eigenvalue weighted by molar-refractivity contribution is 14.0. The Labute approximate surface area is 148 Å². The molecule has 2 unspecified atom stereocenters. The standard InChI is InChI=1S/C15H24N4O2.HI/c1-10-6-11(2)9-19(8-10)15(17-3)18-7-12-4-5-13(21-12)14(16)20;/h4-5,10-11H,6-9H2,1-3H3,(H2,16,20)(H,17,18);1H. The minimum atomic E-state index is -0.552. The first-order chi connectivity index (χ1) is 9.99. The highest BCUT2D eigenvalue weighted by atomic mass is 127. The van der Waals surface area contributed by atoms with E-state index in [0.717, 1.165) is 19.0 Å². The SMILES string of the molecule is CN=C(NCc1ccc(C(N)=O)o1)N1CC(C)CC(C)C1.I. The number of rotatable bonds is 3. The predicted octanol–water partition coefficient (Wildman–Crippen LogP) is 2.05. The van der Waals surface area contributed by atoms with Crippen molar-refractivity contribution in [1.29, 1.82) is 0 Å². The molecule has 0 saturated carbocycles. The van der Waals surface area contributed by atoms with Gasteiger partial charge in [0.05, 0.1) is 6.54 Å². The van der Waals surface area contributed by atoms with E-state index in [1.807, 2.05) is 0 Å². The third kappa shape index (κ3) is 4.89. The largest absolute Gasteiger partial charge is 0.454 e. The van der Waals surface area contributed by atoms with E-state index in [4.69, 9.17) is 10.2 Å². The van der Waals surface area contributed by atoms with E-state index in [1.165, 1.54) is 6.42 Å². The lowest BCUT2D eigenvalue weighted by Gasteiger charge is -2.37. The van der Waals surface area contributed by atoms with E-state index >= 15 is 0 Å². The molecule has 2 heterocycles. The van der Waals surface area contributed by atoms with Crippen LogP contribution in [0.4, 0.5) is 0 Å². The van der Waals surface area contributed by atoms with Gasteiger partial charge in [0.2, 0.25) is 0 Å². The normalized spacial score (nSPS) is 22.1. The van der Waals surface area contributed by atoms with Crippen molar-refractivity contribution in [3.8, 4) is 0 Å². The van der Waals surface area contributed by atoms with Crippen molar-refractivity contribution in [3.63, 3.8) is 0 Å². The number of carbonyl (C=O) groups is 1. The second kappa shape index (κ2) is 8.40. The fourth-order valence-electron chi connectivity index (χ4n) is 2.94. The van der Waals surface area contributed by atoms with Crippen LogP contribution in [0.25, 0.3) is 0 Å². The summed E-state index contributed by atoms with van der Waals surface area (Å²) in [6, 6.07) is 3.34. The summed E-state index contributed by atoms with van der Waals surface area (Å²) in [5, 5.41) is 3.28. The highest BCUT2D eigenvalue weighted by Gasteiger charge is 2.24. The average Bonchev–Trinajstić information content (AvgIpc) is 2.87. The lowest BCUT2D eigenvalue weighted by molar-refractivity contribution is 0.0972. The van der Waals surface area contributed by atoms with Gasteiger partial charge in [0.25, 0.3) is 5.91 Å². The summed E-state index contributed by atoms with van der Waals surface area (Å²) in [4.78, 5) is 17.6. The van der Waals surface area contributed by atoms with Crippen molar-refractivity contribution in [3.05, 3.63) is 23.7 Å². The maximum Gasteiger partial charge on any atom is 0.284 e. The molecule has 22 heavy (non-hydrogen) atoms. The van der Waals surface area contributed by atoms with Crippen LogP contribution >= 0.6 is 24.0 Å². The number of primary amides is 1. The van der Waals surface area contributed by atoms with E-state index in [9.17, 15) is 4.79 Å². The van der Waals surface area contributed by atoms with Crippen LogP contribution in [0.15, 0.2) is 21.5 Å². The minimum Gasteiger partial charge on any atom is -0.454 e. The topological polar surface area (TPSA) is 83.9 Å². The molecule has 6 nitrogen and oxygen atoms in total. The lowest BCUT2D eigenvalue weighted by atomic mass is 9.92. The van der Waals surface area contributed by atoms with Crippen LogP contribution in [-0.2, 0) is 6.54 Å². The van der Waals surface area contributed by atoms with Crippen molar-refractivity contribution >= 4 is 35.8 Å². The molecule has 124 valence electrons. The van der Waals surface area contributed by atoms with Crippen molar-refractivity contribution in [2.24, 2.45) is 22.6 Å². The summed E-state index contributed by atoms with van der Waals surface area (Å²) in [6.07, 6.45) is 1.26. The fraction of sp³-hybridized carbons (Fsp3) is 0.600. The molecule has 0 bridgehead atoms. The molecule has 1 saturated heterocycles. The van der Waals surface area contributed by atoms with Crippen molar-refractivity contribution in [1.82, 2.24) is 10.2 Å². The zero-order chi connectivity index (χ0) is 15.4. The number of nitrogens with one attached hydrogen (secondary N) is 1. The predicted molar refractivity (Wildman–Crippen MR) is 97.4 cm³/mol. The molecule has 7 heteroatoms. The van der Waals surface area contributed by atoms with Gasteiger partial charge in [-0.25, -0.2) is 0 Å². The van der Waals surface area contributed by atoms with Gasteiger partial charge < -0.3 is 20.4 Å². The zero-order valence-electron chi connectivity index (χ0n) is 13.3. The number of nitrogens with zero attached hydrogens (tertiary/aromatic N) is 2. The Morgan fingerprint density at radius 1 is 1.41 bits per heavy atom. The Kier molecular flexibility index (Phi) is 7.18. The maximum absolute atomic E-state index is 11.0. The number of nitrogens with two attached hydrogens (primary N) is 1. The van der Waals surface area contributed by atoms with Crippen LogP contribution in [0.5, 0.6) is 0 Å². The molecule has 1 aliphatic heterocycles. The third-order valence-corrected chi connectivity index (χ3v) is 3.71. The molecule has 1 fully saturated rings. The van der Waals surface area contributed by atoms with Crippen LogP contribution in [-0.4, -0.2) is 36.9 Å². The lowest BCUT2D eigenvalue weighted by Crippen LogP contribution is -2.48. The average molecular weight is 420 g/mol. The number of halogens is 1. The van der Waals surface area contributed by atoms with Gasteiger partial charge in [-0.2, -0.15) is 0 Å². The molecule has 0 spiro atoms. The minimum absolute atomic E-state index is 0. The van der Waals surface area contributed by atoms with Crippen molar-refractivity contribution in [2.45, 2.75) is 26.8 Å². The van der Waals surface area contributed by atoms with E-state index < -0.39 is 5.91 Å². The fourth-order valence-corrected chi connectivity index (χ4v) is 2.94. The Bertz CT molecular complexity index is 519. The third-order valence-electron chi connectivity index (χ3n) is 3.71. The maximum atomic E-state index is 11.0. The molecular weight excluding hydrogens is 395 g/mol. The summed E-state index contributed by atoms with van der Waals surface area (Å²) < 4.78 is 5.36. The van der Waals surface area contributed by atoms with Gasteiger partial charge in [0.15, 0.2) is 11.7 Å². The first kappa shape index (κ1) is 18.8. The summed E-state index contributed by atoms with van der Waals surface area (Å²) in [5.41, 5.74) is 5.17.